The first-order chi connectivity index (χ1) is 16.6. The fourth-order valence-corrected chi connectivity index (χ4v) is 4.21. The molecule has 0 bridgehead atoms. The number of carbonyl (C=O) groups is 2. The third-order valence-corrected chi connectivity index (χ3v) is 6.26. The zero-order valence-electron chi connectivity index (χ0n) is 19.0. The number of ether oxygens (including phenoxy) is 1. The van der Waals surface area contributed by atoms with Crippen LogP contribution in [0.5, 0.6) is 0 Å². The van der Waals surface area contributed by atoms with Crippen LogP contribution in [0, 0.1) is 0 Å². The van der Waals surface area contributed by atoms with Gasteiger partial charge in [0.05, 0.1) is 4.47 Å². The molecule has 0 saturated carbocycles. The first-order valence-electron chi connectivity index (χ1n) is 11.7. The summed E-state index contributed by atoms with van der Waals surface area (Å²) in [7, 11) is 0. The van der Waals surface area contributed by atoms with Gasteiger partial charge in [-0.25, -0.2) is 9.78 Å². The van der Waals surface area contributed by atoms with Gasteiger partial charge >= 0.3 is 6.03 Å². The molecule has 11 heteroatoms. The highest BCUT2D eigenvalue weighted by Crippen LogP contribution is 2.23. The molecule has 3 amide bonds. The molecule has 2 aliphatic heterocycles. The molecule has 0 spiro atoms. The van der Waals surface area contributed by atoms with E-state index in [0.29, 0.717) is 37.1 Å². The van der Waals surface area contributed by atoms with Crippen molar-refractivity contribution in [2.24, 2.45) is 0 Å². The number of halogens is 1. The van der Waals surface area contributed by atoms with Crippen LogP contribution in [0.4, 0.5) is 27.9 Å². The van der Waals surface area contributed by atoms with Crippen LogP contribution in [0.3, 0.4) is 0 Å². The predicted molar refractivity (Wildman–Crippen MR) is 134 cm³/mol. The molecule has 1 atom stereocenters. The van der Waals surface area contributed by atoms with Crippen LogP contribution in [-0.2, 0) is 9.53 Å². The molecule has 0 unspecified atom stereocenters. The molecule has 34 heavy (non-hydrogen) atoms. The van der Waals surface area contributed by atoms with Gasteiger partial charge in [-0.3, -0.25) is 4.79 Å². The van der Waals surface area contributed by atoms with Gasteiger partial charge in [-0.2, -0.15) is 4.98 Å². The molecule has 0 radical (unpaired) electrons. The van der Waals surface area contributed by atoms with Gasteiger partial charge < -0.3 is 30.9 Å². The minimum absolute atomic E-state index is 0.0361. The molecule has 3 heterocycles. The van der Waals surface area contributed by atoms with Crippen LogP contribution in [0.15, 0.2) is 34.9 Å². The number of hydrogen-bond acceptors (Lipinski definition) is 7. The normalized spacial score (nSPS) is 17.4. The smallest absolute Gasteiger partial charge is 0.321 e. The van der Waals surface area contributed by atoms with Gasteiger partial charge in [-0.15, -0.1) is 0 Å². The lowest BCUT2D eigenvalue weighted by molar-refractivity contribution is -0.130. The van der Waals surface area contributed by atoms with Crippen LogP contribution in [0.25, 0.3) is 0 Å². The molecule has 4 N–H and O–H groups in total. The van der Waals surface area contributed by atoms with Gasteiger partial charge in [-0.1, -0.05) is 6.07 Å². The fraction of sp³-hybridized carbons (Fsp3) is 0.478. The Labute approximate surface area is 207 Å². The maximum absolute atomic E-state index is 12.3. The van der Waals surface area contributed by atoms with Crippen LogP contribution < -0.4 is 21.3 Å². The molecular weight excluding hydrogens is 502 g/mol. The first-order valence-corrected chi connectivity index (χ1v) is 12.5. The minimum Gasteiger partial charge on any atom is -0.369 e. The van der Waals surface area contributed by atoms with Crippen molar-refractivity contribution in [1.29, 1.82) is 0 Å². The summed E-state index contributed by atoms with van der Waals surface area (Å²) >= 11 is 3.47. The molecule has 1 aromatic heterocycles. The molecular formula is C23H30BrN7O3. The lowest BCUT2D eigenvalue weighted by Gasteiger charge is -2.16. The molecule has 2 aromatic rings. The molecule has 182 valence electrons. The van der Waals surface area contributed by atoms with E-state index in [9.17, 15) is 9.59 Å². The van der Waals surface area contributed by atoms with Crippen molar-refractivity contribution in [3.8, 4) is 0 Å². The van der Waals surface area contributed by atoms with E-state index in [-0.39, 0.29) is 18.0 Å². The van der Waals surface area contributed by atoms with Crippen LogP contribution in [0.2, 0.25) is 0 Å². The van der Waals surface area contributed by atoms with Crippen molar-refractivity contribution in [2.45, 2.75) is 38.2 Å². The van der Waals surface area contributed by atoms with Gasteiger partial charge in [0.15, 0.2) is 0 Å². The number of carbonyl (C=O) groups excluding carboxylic acids is 2. The van der Waals surface area contributed by atoms with E-state index in [1.165, 1.54) is 0 Å². The highest BCUT2D eigenvalue weighted by atomic mass is 79.9. The first kappa shape index (κ1) is 24.2. The highest BCUT2D eigenvalue weighted by Gasteiger charge is 2.22. The number of benzene rings is 1. The van der Waals surface area contributed by atoms with Gasteiger partial charge in [0.1, 0.15) is 11.9 Å². The van der Waals surface area contributed by atoms with Crippen molar-refractivity contribution in [2.75, 3.05) is 48.7 Å². The van der Waals surface area contributed by atoms with Crippen molar-refractivity contribution >= 4 is 51.0 Å². The average molecular weight is 532 g/mol. The Bertz CT molecular complexity index is 994. The van der Waals surface area contributed by atoms with Gasteiger partial charge in [0, 0.05) is 50.4 Å². The Morgan fingerprint density at radius 2 is 1.97 bits per heavy atom. The molecule has 2 fully saturated rings. The maximum atomic E-state index is 12.3. The third kappa shape index (κ3) is 6.80. The summed E-state index contributed by atoms with van der Waals surface area (Å²) in [6, 6.07) is 7.38. The lowest BCUT2D eigenvalue weighted by atomic mass is 10.2. The maximum Gasteiger partial charge on any atom is 0.321 e. The van der Waals surface area contributed by atoms with Gasteiger partial charge in [0.2, 0.25) is 11.9 Å². The summed E-state index contributed by atoms with van der Waals surface area (Å²) in [6.45, 7) is 3.46. The number of aromatic nitrogens is 2. The second-order valence-electron chi connectivity index (χ2n) is 8.29. The van der Waals surface area contributed by atoms with E-state index >= 15 is 0 Å². The summed E-state index contributed by atoms with van der Waals surface area (Å²) in [5, 5.41) is 12.3. The van der Waals surface area contributed by atoms with E-state index < -0.39 is 0 Å². The van der Waals surface area contributed by atoms with Crippen LogP contribution in [0.1, 0.15) is 32.1 Å². The number of urea groups is 1. The summed E-state index contributed by atoms with van der Waals surface area (Å²) in [5.41, 5.74) is 1.48. The molecule has 1 aromatic carbocycles. The second-order valence-corrected chi connectivity index (χ2v) is 9.15. The molecule has 10 nitrogen and oxygen atoms in total. The largest absolute Gasteiger partial charge is 0.369 e. The third-order valence-electron chi connectivity index (χ3n) is 5.67. The topological polar surface area (TPSA) is 121 Å². The fourth-order valence-electron chi connectivity index (χ4n) is 3.88. The van der Waals surface area contributed by atoms with Crippen molar-refractivity contribution in [3.05, 3.63) is 34.9 Å². The standard InChI is InChI=1S/C23H30BrN7O3/c24-18-15-27-22(30-20(18)25-9-5-10-26-21(32)19-8-4-13-34-19)28-16-6-3-7-17(14-16)29-23(33)31-11-1-2-12-31/h3,6-7,14-15,19H,1-2,4-5,8-13H2,(H,26,32)(H,29,33)(H2,25,27,28,30)/t19-/m1/s1. The van der Waals surface area contributed by atoms with Crippen LogP contribution in [-0.4, -0.2) is 65.7 Å². The van der Waals surface area contributed by atoms with Crippen molar-refractivity contribution in [1.82, 2.24) is 20.2 Å². The highest BCUT2D eigenvalue weighted by molar-refractivity contribution is 9.10. The number of nitrogens with one attached hydrogen (secondary N) is 4. The predicted octanol–water partition coefficient (Wildman–Crippen LogP) is 3.71. The quantitative estimate of drug-likeness (QED) is 0.364. The lowest BCUT2D eigenvalue weighted by Crippen LogP contribution is -2.35. The zero-order chi connectivity index (χ0) is 23.8. The number of hydrogen-bond donors (Lipinski definition) is 4. The summed E-state index contributed by atoms with van der Waals surface area (Å²) < 4.78 is 6.13. The molecule has 0 aliphatic carbocycles. The number of likely N-dealkylation sites (tertiary alicyclic amines) is 1. The van der Waals surface area contributed by atoms with Gasteiger partial charge in [0.25, 0.3) is 0 Å². The molecule has 2 saturated heterocycles. The summed E-state index contributed by atoms with van der Waals surface area (Å²) in [4.78, 5) is 35.0. The molecule has 4 rings (SSSR count). The average Bonchev–Trinajstić information content (AvgIpc) is 3.56. The zero-order valence-corrected chi connectivity index (χ0v) is 20.6. The monoisotopic (exact) mass is 531 g/mol. The Kier molecular flexibility index (Phi) is 8.53. The van der Waals surface area contributed by atoms with Crippen LogP contribution >= 0.6 is 15.9 Å². The number of rotatable bonds is 9. The second kappa shape index (κ2) is 12.0. The Balaban J connectivity index is 1.26. The van der Waals surface area contributed by atoms with E-state index in [4.69, 9.17) is 4.74 Å². The van der Waals surface area contributed by atoms with E-state index in [1.54, 1.807) is 6.20 Å². The van der Waals surface area contributed by atoms with Gasteiger partial charge in [-0.05, 0) is 66.2 Å². The number of nitrogens with zero attached hydrogens (tertiary/aromatic N) is 3. The summed E-state index contributed by atoms with van der Waals surface area (Å²) in [5.74, 6) is 1.05. The van der Waals surface area contributed by atoms with E-state index in [0.717, 1.165) is 55.4 Å². The minimum atomic E-state index is -0.301. The Hall–Kier alpha value is -2.92. The summed E-state index contributed by atoms with van der Waals surface area (Å²) in [6.07, 6.45) is 5.96. The molecule has 2 aliphatic rings. The van der Waals surface area contributed by atoms with Crippen molar-refractivity contribution < 1.29 is 14.3 Å². The number of anilines is 4. The Morgan fingerprint density at radius 1 is 1.15 bits per heavy atom. The van der Waals surface area contributed by atoms with Crippen molar-refractivity contribution in [3.63, 3.8) is 0 Å². The van der Waals surface area contributed by atoms with E-state index in [2.05, 4.69) is 47.2 Å². The SMILES string of the molecule is O=C(NCCCNc1nc(Nc2cccc(NC(=O)N3CCCC3)c2)ncc1Br)[C@H]1CCCO1. The van der Waals surface area contributed by atoms with E-state index in [1.807, 2.05) is 29.2 Å². The number of amides is 3. The Morgan fingerprint density at radius 3 is 2.76 bits per heavy atom.